The van der Waals surface area contributed by atoms with Gasteiger partial charge in [-0.1, -0.05) is 6.58 Å². The minimum Gasteiger partial charge on any atom is -0.406 e. The van der Waals surface area contributed by atoms with Crippen LogP contribution in [-0.4, -0.2) is 22.5 Å². The van der Waals surface area contributed by atoms with Crippen molar-refractivity contribution in [2.75, 3.05) is 5.32 Å². The number of nitrogens with two attached hydrogens (primary N) is 1. The summed E-state index contributed by atoms with van der Waals surface area (Å²) in [6.45, 7) is 5.79. The van der Waals surface area contributed by atoms with Crippen molar-refractivity contribution in [1.29, 1.82) is 0 Å². The number of hydrogen-bond acceptors (Lipinski definition) is 4. The maximum absolute atomic E-state index is 12.2. The molecule has 0 unspecified atom stereocenters. The Bertz CT molecular complexity index is 839. The van der Waals surface area contributed by atoms with E-state index >= 15 is 0 Å². The topological polar surface area (TPSA) is 81.6 Å². The zero-order valence-corrected chi connectivity index (χ0v) is 14.6. The van der Waals surface area contributed by atoms with E-state index in [1.165, 1.54) is 30.5 Å². The van der Waals surface area contributed by atoms with E-state index < -0.39 is 12.3 Å². The number of aryl methyl sites for hydroxylation is 1. The smallest absolute Gasteiger partial charge is 0.406 e. The average molecular weight is 380 g/mol. The quantitative estimate of drug-likeness (QED) is 0.680. The number of carbonyl (C=O) groups is 1. The highest BCUT2D eigenvalue weighted by Crippen LogP contribution is 2.26. The molecule has 1 aromatic carbocycles. The predicted octanol–water partition coefficient (Wildman–Crippen LogP) is 3.96. The summed E-state index contributed by atoms with van der Waals surface area (Å²) in [5.74, 6) is -0.0448. The number of benzene rings is 1. The van der Waals surface area contributed by atoms with Gasteiger partial charge in [-0.2, -0.15) is 0 Å². The fourth-order valence-electron chi connectivity index (χ4n) is 2.42. The molecule has 0 saturated carbocycles. The predicted molar refractivity (Wildman–Crippen MR) is 97.1 cm³/mol. The SMILES string of the molecule is C=CNc1c(C(C)=Nc2ccc(OC(F)(F)F)cc2)ccn1CCC(N)=O. The standard InChI is InChI=1S/C18H19F3N4O2/c1-3-23-17-15(8-10-25(17)11-9-16(22)26)12(2)24-13-4-6-14(7-5-13)27-18(19,20)21/h3-8,10,23H,1,9,11H2,2H3,(H2,22,26). The molecule has 6 nitrogen and oxygen atoms in total. The van der Waals surface area contributed by atoms with Crippen LogP contribution in [0.1, 0.15) is 18.9 Å². The Morgan fingerprint density at radius 2 is 2.00 bits per heavy atom. The Kier molecular flexibility index (Phi) is 6.27. The van der Waals surface area contributed by atoms with Gasteiger partial charge in [-0.05, 0) is 43.5 Å². The number of halogens is 3. The Hall–Kier alpha value is -3.23. The van der Waals surface area contributed by atoms with E-state index in [0.29, 0.717) is 23.8 Å². The number of carbonyl (C=O) groups excluding carboxylic acids is 1. The van der Waals surface area contributed by atoms with E-state index in [1.807, 2.05) is 6.07 Å². The first-order valence-electron chi connectivity index (χ1n) is 7.96. The first kappa shape index (κ1) is 20.1. The van der Waals surface area contributed by atoms with Gasteiger partial charge in [0.2, 0.25) is 5.91 Å². The van der Waals surface area contributed by atoms with Gasteiger partial charge in [-0.3, -0.25) is 9.79 Å². The number of ether oxygens (including phenoxy) is 1. The maximum atomic E-state index is 12.2. The van der Waals surface area contributed by atoms with E-state index in [-0.39, 0.29) is 12.2 Å². The molecule has 0 fully saturated rings. The fraction of sp³-hybridized carbons (Fsp3) is 0.222. The summed E-state index contributed by atoms with van der Waals surface area (Å²) >= 11 is 0. The van der Waals surface area contributed by atoms with Crippen LogP contribution in [0.15, 0.2) is 54.3 Å². The van der Waals surface area contributed by atoms with E-state index in [1.54, 1.807) is 17.7 Å². The molecular formula is C18H19F3N4O2. The fourth-order valence-corrected chi connectivity index (χ4v) is 2.42. The summed E-state index contributed by atoms with van der Waals surface area (Å²) in [5.41, 5.74) is 7.04. The Morgan fingerprint density at radius 1 is 1.33 bits per heavy atom. The Morgan fingerprint density at radius 3 is 2.56 bits per heavy atom. The lowest BCUT2D eigenvalue weighted by Gasteiger charge is -2.11. The van der Waals surface area contributed by atoms with Crippen molar-refractivity contribution < 1.29 is 22.7 Å². The molecule has 2 rings (SSSR count). The van der Waals surface area contributed by atoms with Gasteiger partial charge in [-0.15, -0.1) is 13.2 Å². The normalized spacial score (nSPS) is 11.9. The van der Waals surface area contributed by atoms with Crippen molar-refractivity contribution >= 4 is 23.1 Å². The zero-order valence-electron chi connectivity index (χ0n) is 14.6. The molecule has 1 heterocycles. The summed E-state index contributed by atoms with van der Waals surface area (Å²) < 4.78 is 42.3. The van der Waals surface area contributed by atoms with Gasteiger partial charge in [-0.25, -0.2) is 0 Å². The molecule has 0 aliphatic carbocycles. The minimum atomic E-state index is -4.74. The number of anilines is 1. The molecular weight excluding hydrogens is 361 g/mol. The second-order valence-electron chi connectivity index (χ2n) is 5.58. The number of nitrogens with zero attached hydrogens (tertiary/aromatic N) is 2. The number of alkyl halides is 3. The zero-order chi connectivity index (χ0) is 20.0. The van der Waals surface area contributed by atoms with Gasteiger partial charge >= 0.3 is 6.36 Å². The first-order valence-corrected chi connectivity index (χ1v) is 7.96. The number of primary amides is 1. The van der Waals surface area contributed by atoms with Crippen LogP contribution < -0.4 is 15.8 Å². The molecule has 0 spiro atoms. The van der Waals surface area contributed by atoms with Crippen LogP contribution in [0.3, 0.4) is 0 Å². The van der Waals surface area contributed by atoms with Gasteiger partial charge in [0.15, 0.2) is 0 Å². The van der Waals surface area contributed by atoms with Crippen molar-refractivity contribution in [2.24, 2.45) is 10.7 Å². The molecule has 1 aromatic heterocycles. The second-order valence-corrected chi connectivity index (χ2v) is 5.58. The van der Waals surface area contributed by atoms with Crippen LogP contribution >= 0.6 is 0 Å². The highest BCUT2D eigenvalue weighted by Gasteiger charge is 2.30. The van der Waals surface area contributed by atoms with Gasteiger partial charge in [0, 0.05) is 30.4 Å². The number of amides is 1. The first-order chi connectivity index (χ1) is 12.7. The lowest BCUT2D eigenvalue weighted by Crippen LogP contribution is -2.16. The lowest BCUT2D eigenvalue weighted by atomic mass is 10.2. The van der Waals surface area contributed by atoms with Gasteiger partial charge < -0.3 is 20.4 Å². The van der Waals surface area contributed by atoms with Crippen LogP contribution in [0, 0.1) is 0 Å². The maximum Gasteiger partial charge on any atom is 0.573 e. The van der Waals surface area contributed by atoms with Gasteiger partial charge in [0.05, 0.1) is 5.69 Å². The third-order valence-electron chi connectivity index (χ3n) is 3.56. The molecule has 3 N–H and O–H groups in total. The molecule has 0 atom stereocenters. The molecule has 0 aliphatic heterocycles. The molecule has 2 aromatic rings. The van der Waals surface area contributed by atoms with Crippen LogP contribution in [0.5, 0.6) is 5.75 Å². The molecule has 1 amide bonds. The molecule has 144 valence electrons. The number of hydrogen-bond donors (Lipinski definition) is 2. The van der Waals surface area contributed by atoms with E-state index in [9.17, 15) is 18.0 Å². The molecule has 0 saturated heterocycles. The van der Waals surface area contributed by atoms with Crippen molar-refractivity contribution in [1.82, 2.24) is 4.57 Å². The lowest BCUT2D eigenvalue weighted by molar-refractivity contribution is -0.274. The van der Waals surface area contributed by atoms with Crippen LogP contribution in [0.25, 0.3) is 0 Å². The van der Waals surface area contributed by atoms with E-state index in [0.717, 1.165) is 5.56 Å². The Labute approximate surface area is 154 Å². The van der Waals surface area contributed by atoms with E-state index in [4.69, 9.17) is 5.73 Å². The largest absolute Gasteiger partial charge is 0.573 e. The van der Waals surface area contributed by atoms with Crippen LogP contribution in [0.4, 0.5) is 24.7 Å². The summed E-state index contributed by atoms with van der Waals surface area (Å²) in [7, 11) is 0. The van der Waals surface area contributed by atoms with Crippen LogP contribution in [-0.2, 0) is 11.3 Å². The van der Waals surface area contributed by atoms with E-state index in [2.05, 4.69) is 21.6 Å². The van der Waals surface area contributed by atoms with Crippen LogP contribution in [0.2, 0.25) is 0 Å². The average Bonchev–Trinajstić information content (AvgIpc) is 2.97. The third-order valence-corrected chi connectivity index (χ3v) is 3.56. The van der Waals surface area contributed by atoms with Gasteiger partial charge in [0.1, 0.15) is 11.6 Å². The highest BCUT2D eigenvalue weighted by molar-refractivity contribution is 6.04. The number of nitrogens with one attached hydrogen (secondary N) is 1. The highest BCUT2D eigenvalue weighted by atomic mass is 19.4. The minimum absolute atomic E-state index is 0.177. The molecule has 9 heteroatoms. The molecule has 0 bridgehead atoms. The summed E-state index contributed by atoms with van der Waals surface area (Å²) in [6, 6.07) is 7.05. The number of aliphatic imine (C=N–C) groups is 1. The number of rotatable bonds is 8. The summed E-state index contributed by atoms with van der Waals surface area (Å²) in [5, 5.41) is 3.00. The monoisotopic (exact) mass is 380 g/mol. The third kappa shape index (κ3) is 5.91. The molecule has 27 heavy (non-hydrogen) atoms. The Balaban J connectivity index is 2.24. The summed E-state index contributed by atoms with van der Waals surface area (Å²) in [4.78, 5) is 15.4. The van der Waals surface area contributed by atoms with Crippen molar-refractivity contribution in [2.45, 2.75) is 26.3 Å². The number of aromatic nitrogens is 1. The van der Waals surface area contributed by atoms with Crippen molar-refractivity contribution in [3.05, 3.63) is 54.9 Å². The summed E-state index contributed by atoms with van der Waals surface area (Å²) in [6.07, 6.45) is -1.28. The van der Waals surface area contributed by atoms with Gasteiger partial charge in [0.25, 0.3) is 0 Å². The van der Waals surface area contributed by atoms with Crippen molar-refractivity contribution in [3.63, 3.8) is 0 Å². The molecule has 0 aliphatic rings. The van der Waals surface area contributed by atoms with Crippen molar-refractivity contribution in [3.8, 4) is 5.75 Å². The molecule has 0 radical (unpaired) electrons. The second kappa shape index (κ2) is 8.43.